The molecule has 1 aromatic heterocycles. The zero-order valence-corrected chi connectivity index (χ0v) is 9.74. The third-order valence-corrected chi connectivity index (χ3v) is 3.19. The second kappa shape index (κ2) is 4.89. The molecular formula is C11H16ClN3O. The molecule has 0 radical (unpaired) electrons. The molecule has 0 atom stereocenters. The van der Waals surface area contributed by atoms with E-state index in [0.717, 1.165) is 25.7 Å². The third-order valence-electron chi connectivity index (χ3n) is 2.90. The van der Waals surface area contributed by atoms with Crippen LogP contribution in [-0.2, 0) is 0 Å². The van der Waals surface area contributed by atoms with E-state index in [4.69, 9.17) is 17.3 Å². The summed E-state index contributed by atoms with van der Waals surface area (Å²) < 4.78 is 0. The summed E-state index contributed by atoms with van der Waals surface area (Å²) in [5.41, 5.74) is 6.14. The van der Waals surface area contributed by atoms with Gasteiger partial charge in [0, 0.05) is 6.04 Å². The monoisotopic (exact) mass is 241 g/mol. The van der Waals surface area contributed by atoms with Gasteiger partial charge in [0.1, 0.15) is 5.82 Å². The molecule has 0 spiro atoms. The van der Waals surface area contributed by atoms with Crippen LogP contribution in [0, 0.1) is 0 Å². The van der Waals surface area contributed by atoms with Crippen molar-refractivity contribution >= 4 is 23.1 Å². The zero-order chi connectivity index (χ0) is 11.5. The standard InChI is InChI=1S/C11H16ClN3O/c12-10-5-7(13)6-14-11(10)15-8-1-3-9(16)4-2-8/h5-6,8-9,16H,1-4,13H2,(H,14,15). The Hall–Kier alpha value is -1.00. The molecule has 1 heterocycles. The number of hydrogen-bond donors (Lipinski definition) is 3. The summed E-state index contributed by atoms with van der Waals surface area (Å²) in [7, 11) is 0. The fraction of sp³-hybridized carbons (Fsp3) is 0.545. The van der Waals surface area contributed by atoms with Crippen LogP contribution in [0.1, 0.15) is 25.7 Å². The van der Waals surface area contributed by atoms with Gasteiger partial charge in [0.25, 0.3) is 0 Å². The van der Waals surface area contributed by atoms with E-state index in [2.05, 4.69) is 10.3 Å². The van der Waals surface area contributed by atoms with E-state index in [0.29, 0.717) is 22.6 Å². The number of nitrogens with two attached hydrogens (primary N) is 1. The highest BCUT2D eigenvalue weighted by molar-refractivity contribution is 6.33. The number of hydrogen-bond acceptors (Lipinski definition) is 4. The van der Waals surface area contributed by atoms with E-state index in [1.807, 2.05) is 0 Å². The van der Waals surface area contributed by atoms with Crippen molar-refractivity contribution in [1.29, 1.82) is 0 Å². The molecule has 5 heteroatoms. The topological polar surface area (TPSA) is 71.2 Å². The van der Waals surface area contributed by atoms with Gasteiger partial charge in [-0.15, -0.1) is 0 Å². The van der Waals surface area contributed by atoms with Gasteiger partial charge < -0.3 is 16.2 Å². The second-order valence-corrected chi connectivity index (χ2v) is 4.66. The average molecular weight is 242 g/mol. The van der Waals surface area contributed by atoms with Gasteiger partial charge in [0.15, 0.2) is 0 Å². The predicted octanol–water partition coefficient (Wildman–Crippen LogP) is 2.03. The van der Waals surface area contributed by atoms with Crippen LogP contribution >= 0.6 is 11.6 Å². The zero-order valence-electron chi connectivity index (χ0n) is 8.99. The molecule has 1 saturated carbocycles. The van der Waals surface area contributed by atoms with Crippen molar-refractivity contribution in [1.82, 2.24) is 4.98 Å². The number of aliphatic hydroxyl groups is 1. The van der Waals surface area contributed by atoms with Gasteiger partial charge in [-0.2, -0.15) is 0 Å². The van der Waals surface area contributed by atoms with E-state index in [1.165, 1.54) is 0 Å². The number of nitrogen functional groups attached to an aromatic ring is 1. The molecule has 4 N–H and O–H groups in total. The fourth-order valence-corrected chi connectivity index (χ4v) is 2.20. The van der Waals surface area contributed by atoms with E-state index >= 15 is 0 Å². The lowest BCUT2D eigenvalue weighted by molar-refractivity contribution is 0.126. The maximum atomic E-state index is 9.40. The van der Waals surface area contributed by atoms with E-state index in [9.17, 15) is 5.11 Å². The maximum Gasteiger partial charge on any atom is 0.145 e. The highest BCUT2D eigenvalue weighted by Gasteiger charge is 2.20. The first-order chi connectivity index (χ1) is 7.65. The molecule has 0 bridgehead atoms. The average Bonchev–Trinajstić information content (AvgIpc) is 2.25. The van der Waals surface area contributed by atoms with Gasteiger partial charge in [0.2, 0.25) is 0 Å². The van der Waals surface area contributed by atoms with Crippen LogP contribution in [0.2, 0.25) is 5.02 Å². The SMILES string of the molecule is Nc1cnc(NC2CCC(O)CC2)c(Cl)c1. The molecule has 0 aromatic carbocycles. The Morgan fingerprint density at radius 1 is 1.38 bits per heavy atom. The lowest BCUT2D eigenvalue weighted by atomic mass is 9.93. The van der Waals surface area contributed by atoms with Crippen molar-refractivity contribution in [3.8, 4) is 0 Å². The number of aromatic nitrogens is 1. The van der Waals surface area contributed by atoms with Crippen molar-refractivity contribution in [2.45, 2.75) is 37.8 Å². The fourth-order valence-electron chi connectivity index (χ4n) is 1.97. The van der Waals surface area contributed by atoms with Crippen LogP contribution in [0.15, 0.2) is 12.3 Å². The summed E-state index contributed by atoms with van der Waals surface area (Å²) in [5, 5.41) is 13.2. The van der Waals surface area contributed by atoms with E-state index < -0.39 is 0 Å². The highest BCUT2D eigenvalue weighted by atomic mass is 35.5. The molecule has 0 aliphatic heterocycles. The van der Waals surface area contributed by atoms with Crippen LogP contribution in [0.4, 0.5) is 11.5 Å². The van der Waals surface area contributed by atoms with Gasteiger partial charge in [-0.25, -0.2) is 4.98 Å². The number of rotatable bonds is 2. The minimum absolute atomic E-state index is 0.145. The van der Waals surface area contributed by atoms with Gasteiger partial charge in [0.05, 0.1) is 23.0 Å². The summed E-state index contributed by atoms with van der Waals surface area (Å²) in [4.78, 5) is 4.16. The van der Waals surface area contributed by atoms with E-state index in [-0.39, 0.29) is 6.10 Å². The highest BCUT2D eigenvalue weighted by Crippen LogP contribution is 2.26. The van der Waals surface area contributed by atoms with Crippen molar-refractivity contribution in [3.63, 3.8) is 0 Å². The Bertz CT molecular complexity index is 364. The van der Waals surface area contributed by atoms with Gasteiger partial charge in [-0.3, -0.25) is 0 Å². The number of nitrogens with zero attached hydrogens (tertiary/aromatic N) is 1. The number of nitrogens with one attached hydrogen (secondary N) is 1. The van der Waals surface area contributed by atoms with E-state index in [1.54, 1.807) is 12.3 Å². The summed E-state index contributed by atoms with van der Waals surface area (Å²) in [6.07, 6.45) is 5.01. The molecule has 1 fully saturated rings. The first-order valence-corrected chi connectivity index (χ1v) is 5.88. The quantitative estimate of drug-likeness (QED) is 0.741. The molecule has 0 unspecified atom stereocenters. The molecular weight excluding hydrogens is 226 g/mol. The van der Waals surface area contributed by atoms with Gasteiger partial charge >= 0.3 is 0 Å². The van der Waals surface area contributed by atoms with Crippen LogP contribution in [0.3, 0.4) is 0 Å². The molecule has 4 nitrogen and oxygen atoms in total. The Morgan fingerprint density at radius 2 is 2.06 bits per heavy atom. The summed E-state index contributed by atoms with van der Waals surface area (Å²) in [6, 6.07) is 2.03. The summed E-state index contributed by atoms with van der Waals surface area (Å²) in [5.74, 6) is 0.678. The van der Waals surface area contributed by atoms with Crippen molar-refractivity contribution in [2.75, 3.05) is 11.1 Å². The third kappa shape index (κ3) is 2.77. The number of anilines is 2. The molecule has 2 rings (SSSR count). The molecule has 16 heavy (non-hydrogen) atoms. The van der Waals surface area contributed by atoms with Crippen molar-refractivity contribution in [3.05, 3.63) is 17.3 Å². The van der Waals surface area contributed by atoms with Gasteiger partial charge in [-0.1, -0.05) is 11.6 Å². The molecule has 1 aliphatic rings. The Kier molecular flexibility index (Phi) is 3.51. The van der Waals surface area contributed by atoms with Crippen LogP contribution in [-0.4, -0.2) is 22.2 Å². The Labute approximate surface area is 99.8 Å². The second-order valence-electron chi connectivity index (χ2n) is 4.25. The van der Waals surface area contributed by atoms with Gasteiger partial charge in [-0.05, 0) is 31.7 Å². The summed E-state index contributed by atoms with van der Waals surface area (Å²) in [6.45, 7) is 0. The lowest BCUT2D eigenvalue weighted by Gasteiger charge is -2.26. The number of pyridine rings is 1. The predicted molar refractivity (Wildman–Crippen MR) is 65.5 cm³/mol. The number of halogens is 1. The van der Waals surface area contributed by atoms with Crippen LogP contribution in [0.5, 0.6) is 0 Å². The molecule has 88 valence electrons. The normalized spacial score (nSPS) is 25.4. The smallest absolute Gasteiger partial charge is 0.145 e. The first kappa shape index (κ1) is 11.5. The lowest BCUT2D eigenvalue weighted by Crippen LogP contribution is -2.28. The van der Waals surface area contributed by atoms with Crippen LogP contribution < -0.4 is 11.1 Å². The molecule has 0 amide bonds. The minimum atomic E-state index is -0.145. The summed E-state index contributed by atoms with van der Waals surface area (Å²) >= 11 is 6.02. The number of aliphatic hydroxyl groups excluding tert-OH is 1. The molecule has 1 aromatic rings. The first-order valence-electron chi connectivity index (χ1n) is 5.51. The molecule has 0 saturated heterocycles. The Morgan fingerprint density at radius 3 is 2.69 bits per heavy atom. The van der Waals surface area contributed by atoms with Crippen molar-refractivity contribution in [2.24, 2.45) is 0 Å². The molecule has 1 aliphatic carbocycles. The maximum absolute atomic E-state index is 9.40. The Balaban J connectivity index is 1.98. The van der Waals surface area contributed by atoms with Crippen molar-refractivity contribution < 1.29 is 5.11 Å². The largest absolute Gasteiger partial charge is 0.397 e. The van der Waals surface area contributed by atoms with Crippen LogP contribution in [0.25, 0.3) is 0 Å². The minimum Gasteiger partial charge on any atom is -0.397 e.